The molecule has 1 aromatic rings. The fraction of sp³-hybridized carbons (Fsp3) is 0.700. The minimum Gasteiger partial charge on any atom is -0.384 e. The molecule has 2 amide bonds. The first-order valence-electron chi connectivity index (χ1n) is 10.4. The summed E-state index contributed by atoms with van der Waals surface area (Å²) in [5, 5.41) is 6.38. The number of anilines is 1. The smallest absolute Gasteiger partial charge is 0.317 e. The van der Waals surface area contributed by atoms with Gasteiger partial charge in [0.2, 0.25) is 0 Å². The number of fused-ring (bicyclic) bond motifs is 3. The van der Waals surface area contributed by atoms with Gasteiger partial charge >= 0.3 is 6.03 Å². The predicted molar refractivity (Wildman–Crippen MR) is 107 cm³/mol. The van der Waals surface area contributed by atoms with E-state index in [1.807, 2.05) is 23.2 Å². The lowest BCUT2D eigenvalue weighted by molar-refractivity contribution is -0.0103. The number of amides is 2. The first-order valence-corrected chi connectivity index (χ1v) is 10.4. The summed E-state index contributed by atoms with van der Waals surface area (Å²) in [6, 6.07) is 4.72. The Morgan fingerprint density at radius 2 is 1.93 bits per heavy atom. The van der Waals surface area contributed by atoms with Gasteiger partial charge in [-0.05, 0) is 50.4 Å². The molecule has 4 aliphatic rings. The van der Waals surface area contributed by atoms with Gasteiger partial charge in [-0.15, -0.1) is 0 Å². The first kappa shape index (κ1) is 18.5. The van der Waals surface area contributed by atoms with Gasteiger partial charge in [0, 0.05) is 64.2 Å². The van der Waals surface area contributed by atoms with Crippen LogP contribution in [0.1, 0.15) is 19.3 Å². The summed E-state index contributed by atoms with van der Waals surface area (Å²) in [7, 11) is 0. The van der Waals surface area contributed by atoms with Crippen LogP contribution in [0.25, 0.3) is 0 Å². The summed E-state index contributed by atoms with van der Waals surface area (Å²) in [6.07, 6.45) is 7.20. The number of carbonyl (C=O) groups excluding carboxylic acids is 1. The average molecular weight is 373 g/mol. The van der Waals surface area contributed by atoms with Crippen LogP contribution < -0.4 is 10.6 Å². The number of nitrogens with one attached hydrogen (secondary N) is 2. The molecule has 4 aliphatic heterocycles. The number of piperazine rings is 1. The zero-order chi connectivity index (χ0) is 18.5. The summed E-state index contributed by atoms with van der Waals surface area (Å²) < 4.78 is 0. The van der Waals surface area contributed by atoms with Gasteiger partial charge in [0.25, 0.3) is 0 Å². The van der Waals surface area contributed by atoms with Crippen LogP contribution in [0.3, 0.4) is 0 Å². The lowest BCUT2D eigenvalue weighted by atomic mass is 9.83. The van der Waals surface area contributed by atoms with Gasteiger partial charge in [-0.3, -0.25) is 9.88 Å². The van der Waals surface area contributed by atoms with Crippen molar-refractivity contribution in [2.24, 2.45) is 5.92 Å². The number of hydrogen-bond donors (Lipinski definition) is 2. The van der Waals surface area contributed by atoms with Gasteiger partial charge in [0.1, 0.15) is 0 Å². The number of aromatic nitrogens is 1. The minimum atomic E-state index is 0.0879. The highest BCUT2D eigenvalue weighted by Crippen LogP contribution is 2.31. The molecule has 1 atom stereocenters. The van der Waals surface area contributed by atoms with Crippen LogP contribution >= 0.6 is 0 Å². The molecule has 27 heavy (non-hydrogen) atoms. The molecule has 7 heteroatoms. The Balaban J connectivity index is 1.12. The molecule has 0 unspecified atom stereocenters. The summed E-state index contributed by atoms with van der Waals surface area (Å²) in [5.41, 5.74) is 1.02. The second-order valence-corrected chi connectivity index (χ2v) is 7.98. The zero-order valence-electron chi connectivity index (χ0n) is 16.1. The summed E-state index contributed by atoms with van der Waals surface area (Å²) in [4.78, 5) is 23.7. The van der Waals surface area contributed by atoms with Crippen molar-refractivity contribution in [2.45, 2.75) is 25.3 Å². The molecule has 0 aliphatic carbocycles. The standard InChI is InChI=1S/C20H32N6O/c27-20(23-8-2-7-22-18-3-1-6-21-15-18)26-13-11-25(12-14-26)19-16-24-9-4-17(19)5-10-24/h1,3,6,15,17,19,22H,2,4-5,7-14,16H2,(H,23,27)/t19-/m0/s1. The number of urea groups is 1. The molecule has 0 spiro atoms. The largest absolute Gasteiger partial charge is 0.384 e. The van der Waals surface area contributed by atoms with Gasteiger partial charge in [0.05, 0.1) is 5.69 Å². The first-order chi connectivity index (χ1) is 13.3. The van der Waals surface area contributed by atoms with Crippen molar-refractivity contribution in [2.75, 3.05) is 64.2 Å². The molecule has 0 saturated carbocycles. The molecule has 0 aromatic carbocycles. The van der Waals surface area contributed by atoms with Crippen LogP contribution in [-0.2, 0) is 0 Å². The van der Waals surface area contributed by atoms with Crippen molar-refractivity contribution >= 4 is 11.7 Å². The second kappa shape index (κ2) is 8.89. The van der Waals surface area contributed by atoms with Crippen LogP contribution in [0.4, 0.5) is 10.5 Å². The van der Waals surface area contributed by atoms with E-state index >= 15 is 0 Å². The summed E-state index contributed by atoms with van der Waals surface area (Å²) >= 11 is 0. The Labute approximate surface area is 162 Å². The van der Waals surface area contributed by atoms with Crippen molar-refractivity contribution in [1.29, 1.82) is 0 Å². The highest BCUT2D eigenvalue weighted by atomic mass is 16.2. The summed E-state index contributed by atoms with van der Waals surface area (Å²) in [6.45, 7) is 9.09. The molecule has 2 N–H and O–H groups in total. The molecule has 0 radical (unpaired) electrons. The van der Waals surface area contributed by atoms with Crippen molar-refractivity contribution in [3.8, 4) is 0 Å². The molecular formula is C20H32N6O. The molecular weight excluding hydrogens is 340 g/mol. The lowest BCUT2D eigenvalue weighted by Gasteiger charge is -2.50. The molecule has 5 heterocycles. The van der Waals surface area contributed by atoms with Crippen LogP contribution in [0, 0.1) is 5.92 Å². The third-order valence-corrected chi connectivity index (χ3v) is 6.31. The molecule has 148 valence electrons. The van der Waals surface area contributed by atoms with Gasteiger partial charge < -0.3 is 20.4 Å². The SMILES string of the molecule is O=C(NCCCNc1cccnc1)N1CCN([C@H]2CN3CCC2CC3)CC1. The molecule has 5 rings (SSSR count). The average Bonchev–Trinajstić information content (AvgIpc) is 2.75. The third-order valence-electron chi connectivity index (χ3n) is 6.31. The van der Waals surface area contributed by atoms with Crippen LogP contribution in [0.5, 0.6) is 0 Å². The van der Waals surface area contributed by atoms with E-state index in [2.05, 4.69) is 25.4 Å². The maximum absolute atomic E-state index is 12.4. The Bertz CT molecular complexity index is 596. The second-order valence-electron chi connectivity index (χ2n) is 7.98. The van der Waals surface area contributed by atoms with E-state index in [9.17, 15) is 4.79 Å². The number of carbonyl (C=O) groups is 1. The summed E-state index contributed by atoms with van der Waals surface area (Å²) in [5.74, 6) is 0.877. The Hall–Kier alpha value is -1.86. The maximum atomic E-state index is 12.4. The van der Waals surface area contributed by atoms with E-state index in [-0.39, 0.29) is 6.03 Å². The third kappa shape index (κ3) is 4.71. The Kier molecular flexibility index (Phi) is 6.09. The minimum absolute atomic E-state index is 0.0879. The van der Waals surface area contributed by atoms with Crippen LogP contribution in [-0.4, -0.2) is 90.7 Å². The number of piperidine rings is 3. The molecule has 4 saturated heterocycles. The monoisotopic (exact) mass is 372 g/mol. The highest BCUT2D eigenvalue weighted by Gasteiger charge is 2.38. The normalized spacial score (nSPS) is 28.1. The lowest BCUT2D eigenvalue weighted by Crippen LogP contribution is -2.62. The van der Waals surface area contributed by atoms with E-state index in [4.69, 9.17) is 0 Å². The van der Waals surface area contributed by atoms with Crippen LogP contribution in [0.15, 0.2) is 24.5 Å². The maximum Gasteiger partial charge on any atom is 0.317 e. The van der Waals surface area contributed by atoms with Crippen LogP contribution in [0.2, 0.25) is 0 Å². The van der Waals surface area contributed by atoms with E-state index in [1.54, 1.807) is 6.20 Å². The van der Waals surface area contributed by atoms with E-state index < -0.39 is 0 Å². The molecule has 1 aromatic heterocycles. The van der Waals surface area contributed by atoms with Crippen molar-refractivity contribution < 1.29 is 4.79 Å². The zero-order valence-corrected chi connectivity index (χ0v) is 16.1. The fourth-order valence-corrected chi connectivity index (χ4v) is 4.70. The van der Waals surface area contributed by atoms with E-state index in [0.717, 1.165) is 56.8 Å². The van der Waals surface area contributed by atoms with Crippen molar-refractivity contribution in [3.05, 3.63) is 24.5 Å². The number of rotatable bonds is 6. The van der Waals surface area contributed by atoms with Crippen molar-refractivity contribution in [3.63, 3.8) is 0 Å². The van der Waals surface area contributed by atoms with Gasteiger partial charge in [-0.1, -0.05) is 0 Å². The topological polar surface area (TPSA) is 63.7 Å². The van der Waals surface area contributed by atoms with E-state index in [1.165, 1.54) is 32.5 Å². The molecule has 2 bridgehead atoms. The molecule has 7 nitrogen and oxygen atoms in total. The number of hydrogen-bond acceptors (Lipinski definition) is 5. The Morgan fingerprint density at radius 1 is 1.11 bits per heavy atom. The van der Waals surface area contributed by atoms with Gasteiger partial charge in [0.15, 0.2) is 0 Å². The highest BCUT2D eigenvalue weighted by molar-refractivity contribution is 5.74. The van der Waals surface area contributed by atoms with Gasteiger partial charge in [-0.2, -0.15) is 0 Å². The fourth-order valence-electron chi connectivity index (χ4n) is 4.70. The van der Waals surface area contributed by atoms with Crippen molar-refractivity contribution in [1.82, 2.24) is 25.0 Å². The predicted octanol–water partition coefficient (Wildman–Crippen LogP) is 1.31. The van der Waals surface area contributed by atoms with E-state index in [0.29, 0.717) is 6.54 Å². The Morgan fingerprint density at radius 3 is 2.59 bits per heavy atom. The van der Waals surface area contributed by atoms with Gasteiger partial charge in [-0.25, -0.2) is 4.79 Å². The number of nitrogens with zero attached hydrogens (tertiary/aromatic N) is 4. The number of pyridine rings is 1. The molecule has 4 fully saturated rings. The quantitative estimate of drug-likeness (QED) is 0.737.